The van der Waals surface area contributed by atoms with Gasteiger partial charge < -0.3 is 0 Å². The van der Waals surface area contributed by atoms with E-state index < -0.39 is 0 Å². The van der Waals surface area contributed by atoms with Crippen molar-refractivity contribution in [2.45, 2.75) is 65.0 Å². The Morgan fingerprint density at radius 3 is 2.58 bits per heavy atom. The van der Waals surface area contributed by atoms with Crippen LogP contribution < -0.4 is 0 Å². The predicted molar refractivity (Wildman–Crippen MR) is 54.4 cm³/mol. The van der Waals surface area contributed by atoms with Gasteiger partial charge in [-0.3, -0.25) is 4.90 Å². The summed E-state index contributed by atoms with van der Waals surface area (Å²) in [5.41, 5.74) is 0. The molecule has 2 unspecified atom stereocenters. The normalized spacial score (nSPS) is 32.2. The Morgan fingerprint density at radius 1 is 1.25 bits per heavy atom. The van der Waals surface area contributed by atoms with Crippen LogP contribution in [0.3, 0.4) is 0 Å². The highest BCUT2D eigenvalue weighted by Crippen LogP contribution is 2.24. The van der Waals surface area contributed by atoms with Crippen LogP contribution in [-0.4, -0.2) is 23.5 Å². The highest BCUT2D eigenvalue weighted by molar-refractivity contribution is 4.80. The number of hydrogen-bond donors (Lipinski definition) is 0. The lowest BCUT2D eigenvalue weighted by molar-refractivity contribution is 0.0903. The van der Waals surface area contributed by atoms with Crippen LogP contribution in [0.25, 0.3) is 0 Å². The van der Waals surface area contributed by atoms with E-state index in [1.807, 2.05) is 0 Å². The molecule has 1 rings (SSSR count). The summed E-state index contributed by atoms with van der Waals surface area (Å²) < 4.78 is 0. The summed E-state index contributed by atoms with van der Waals surface area (Å²) in [6, 6.07) is 1.72. The summed E-state index contributed by atoms with van der Waals surface area (Å²) >= 11 is 0. The van der Waals surface area contributed by atoms with Gasteiger partial charge in [-0.05, 0) is 39.2 Å². The Labute approximate surface area is 77.1 Å². The van der Waals surface area contributed by atoms with Gasteiger partial charge >= 0.3 is 0 Å². The lowest BCUT2D eigenvalue weighted by atomic mass is 9.95. The average molecular weight is 169 g/mol. The maximum absolute atomic E-state index is 2.71. The smallest absolute Gasteiger partial charge is 0.00954 e. The van der Waals surface area contributed by atoms with E-state index in [1.165, 1.54) is 38.6 Å². The Morgan fingerprint density at radius 2 is 2.00 bits per heavy atom. The molecular formula is C11H23N. The molecule has 1 heteroatoms. The van der Waals surface area contributed by atoms with Crippen LogP contribution in [0.5, 0.6) is 0 Å². The fourth-order valence-electron chi connectivity index (χ4n) is 2.44. The average Bonchev–Trinajstić information content (AvgIpc) is 2.09. The summed E-state index contributed by atoms with van der Waals surface area (Å²) in [6.45, 7) is 8.30. The Bertz CT molecular complexity index is 122. The zero-order valence-corrected chi connectivity index (χ0v) is 8.84. The molecule has 0 N–H and O–H groups in total. The number of likely N-dealkylation sites (tertiary alicyclic amines) is 1. The zero-order valence-electron chi connectivity index (χ0n) is 8.84. The molecule has 1 aliphatic rings. The van der Waals surface area contributed by atoms with E-state index in [0.29, 0.717) is 0 Å². The van der Waals surface area contributed by atoms with Crippen molar-refractivity contribution in [3.05, 3.63) is 0 Å². The summed E-state index contributed by atoms with van der Waals surface area (Å²) in [5.74, 6) is 0. The second-order valence-corrected chi connectivity index (χ2v) is 4.08. The number of hydrogen-bond acceptors (Lipinski definition) is 1. The van der Waals surface area contributed by atoms with E-state index in [2.05, 4.69) is 25.7 Å². The molecule has 1 aliphatic heterocycles. The van der Waals surface area contributed by atoms with Crippen molar-refractivity contribution >= 4 is 0 Å². The third kappa shape index (κ3) is 2.22. The quantitative estimate of drug-likeness (QED) is 0.627. The summed E-state index contributed by atoms with van der Waals surface area (Å²) in [4.78, 5) is 2.71. The van der Waals surface area contributed by atoms with Crippen molar-refractivity contribution in [3.8, 4) is 0 Å². The van der Waals surface area contributed by atoms with Crippen LogP contribution in [0.2, 0.25) is 0 Å². The van der Waals surface area contributed by atoms with E-state index in [4.69, 9.17) is 0 Å². The molecule has 12 heavy (non-hydrogen) atoms. The molecule has 0 aliphatic carbocycles. The van der Waals surface area contributed by atoms with Crippen LogP contribution >= 0.6 is 0 Å². The van der Waals surface area contributed by atoms with Gasteiger partial charge in [-0.25, -0.2) is 0 Å². The number of nitrogens with zero attached hydrogens (tertiary/aromatic N) is 1. The van der Waals surface area contributed by atoms with E-state index in [-0.39, 0.29) is 0 Å². The first kappa shape index (κ1) is 10.0. The molecule has 0 saturated carbocycles. The molecular weight excluding hydrogens is 146 g/mol. The minimum atomic E-state index is 0.837. The Balaban J connectivity index is 2.47. The fraction of sp³-hybridized carbons (Fsp3) is 1.00. The van der Waals surface area contributed by atoms with Crippen molar-refractivity contribution in [1.82, 2.24) is 4.90 Å². The zero-order chi connectivity index (χ0) is 8.97. The first-order valence-electron chi connectivity index (χ1n) is 5.55. The van der Waals surface area contributed by atoms with Gasteiger partial charge in [-0.15, -0.1) is 0 Å². The van der Waals surface area contributed by atoms with Crippen molar-refractivity contribution < 1.29 is 0 Å². The summed E-state index contributed by atoms with van der Waals surface area (Å²) in [5, 5.41) is 0. The van der Waals surface area contributed by atoms with Gasteiger partial charge in [-0.1, -0.05) is 20.3 Å². The molecule has 1 fully saturated rings. The van der Waals surface area contributed by atoms with Crippen molar-refractivity contribution in [1.29, 1.82) is 0 Å². The largest absolute Gasteiger partial charge is 0.298 e. The van der Waals surface area contributed by atoms with E-state index >= 15 is 0 Å². The molecule has 2 atom stereocenters. The molecule has 0 aromatic heterocycles. The molecule has 0 radical (unpaired) electrons. The Hall–Kier alpha value is -0.0400. The van der Waals surface area contributed by atoms with Crippen LogP contribution in [0.1, 0.15) is 52.9 Å². The minimum Gasteiger partial charge on any atom is -0.298 e. The summed E-state index contributed by atoms with van der Waals surface area (Å²) in [7, 11) is 0. The standard InChI is InChI=1S/C11H23N/c1-4-9-12-10(3)7-6-8-11(12)5-2/h10-11H,4-9H2,1-3H3. The number of rotatable bonds is 3. The van der Waals surface area contributed by atoms with Crippen LogP contribution in [0.4, 0.5) is 0 Å². The second kappa shape index (κ2) is 4.86. The molecule has 0 aromatic rings. The van der Waals surface area contributed by atoms with Crippen molar-refractivity contribution in [2.75, 3.05) is 6.54 Å². The maximum Gasteiger partial charge on any atom is 0.00954 e. The Kier molecular flexibility index (Phi) is 4.07. The molecule has 0 bridgehead atoms. The van der Waals surface area contributed by atoms with Gasteiger partial charge in [0.1, 0.15) is 0 Å². The topological polar surface area (TPSA) is 3.24 Å². The van der Waals surface area contributed by atoms with E-state index in [9.17, 15) is 0 Å². The van der Waals surface area contributed by atoms with Crippen LogP contribution in [0.15, 0.2) is 0 Å². The third-order valence-corrected chi connectivity index (χ3v) is 3.15. The first-order valence-corrected chi connectivity index (χ1v) is 5.55. The maximum atomic E-state index is 2.71. The minimum absolute atomic E-state index is 0.837. The fourth-order valence-corrected chi connectivity index (χ4v) is 2.44. The first-order chi connectivity index (χ1) is 5.79. The predicted octanol–water partition coefficient (Wildman–Crippen LogP) is 3.05. The van der Waals surface area contributed by atoms with Gasteiger partial charge in [0.2, 0.25) is 0 Å². The van der Waals surface area contributed by atoms with Gasteiger partial charge in [0.25, 0.3) is 0 Å². The lowest BCUT2D eigenvalue weighted by Gasteiger charge is -2.40. The molecule has 0 spiro atoms. The van der Waals surface area contributed by atoms with E-state index in [1.54, 1.807) is 0 Å². The van der Waals surface area contributed by atoms with Crippen LogP contribution in [-0.2, 0) is 0 Å². The monoisotopic (exact) mass is 169 g/mol. The van der Waals surface area contributed by atoms with E-state index in [0.717, 1.165) is 12.1 Å². The molecule has 1 heterocycles. The second-order valence-electron chi connectivity index (χ2n) is 4.08. The lowest BCUT2D eigenvalue weighted by Crippen LogP contribution is -2.45. The number of piperidine rings is 1. The molecule has 0 aromatic carbocycles. The highest BCUT2D eigenvalue weighted by Gasteiger charge is 2.25. The third-order valence-electron chi connectivity index (χ3n) is 3.15. The highest BCUT2D eigenvalue weighted by atomic mass is 15.2. The molecule has 1 nitrogen and oxygen atoms in total. The molecule has 72 valence electrons. The molecule has 0 amide bonds. The molecule has 1 saturated heterocycles. The van der Waals surface area contributed by atoms with Gasteiger partial charge in [-0.2, -0.15) is 0 Å². The van der Waals surface area contributed by atoms with Crippen molar-refractivity contribution in [2.24, 2.45) is 0 Å². The van der Waals surface area contributed by atoms with Crippen LogP contribution in [0, 0.1) is 0 Å². The van der Waals surface area contributed by atoms with Crippen molar-refractivity contribution in [3.63, 3.8) is 0 Å². The van der Waals surface area contributed by atoms with Gasteiger partial charge in [0, 0.05) is 12.1 Å². The van der Waals surface area contributed by atoms with Gasteiger partial charge in [0.15, 0.2) is 0 Å². The summed E-state index contributed by atoms with van der Waals surface area (Å²) in [6.07, 6.45) is 6.93. The van der Waals surface area contributed by atoms with Gasteiger partial charge in [0.05, 0.1) is 0 Å². The SMILES string of the molecule is CCCN1C(C)CCCC1CC.